The summed E-state index contributed by atoms with van der Waals surface area (Å²) >= 11 is 0. The Morgan fingerprint density at radius 3 is 3.12 bits per heavy atom. The Labute approximate surface area is 151 Å². The fourth-order valence-electron chi connectivity index (χ4n) is 3.06. The molecule has 8 nitrogen and oxygen atoms in total. The van der Waals surface area contributed by atoms with Crippen molar-refractivity contribution in [1.82, 2.24) is 20.5 Å². The van der Waals surface area contributed by atoms with Gasteiger partial charge in [0.1, 0.15) is 0 Å². The molecule has 3 rings (SSSR count). The van der Waals surface area contributed by atoms with E-state index in [0.29, 0.717) is 24.8 Å². The second-order valence-electron chi connectivity index (χ2n) is 6.38. The summed E-state index contributed by atoms with van der Waals surface area (Å²) in [6.07, 6.45) is 3.42. The van der Waals surface area contributed by atoms with E-state index in [4.69, 9.17) is 9.63 Å². The van der Waals surface area contributed by atoms with E-state index in [1.807, 2.05) is 24.3 Å². The molecular formula is C18H23N5O3. The number of piperidine rings is 1. The molecule has 2 aromatic rings. The van der Waals surface area contributed by atoms with Crippen molar-refractivity contribution in [1.29, 1.82) is 0 Å². The molecule has 1 fully saturated rings. The van der Waals surface area contributed by atoms with Crippen LogP contribution in [0.1, 0.15) is 24.2 Å². The molecule has 1 atom stereocenters. The van der Waals surface area contributed by atoms with Crippen molar-refractivity contribution >= 4 is 12.2 Å². The molecule has 1 saturated heterocycles. The number of nitrogens with one attached hydrogen (secondary N) is 1. The number of aromatic nitrogens is 2. The summed E-state index contributed by atoms with van der Waals surface area (Å²) in [6.45, 7) is 4.76. The monoisotopic (exact) mass is 357 g/mol. The second kappa shape index (κ2) is 8.57. The first-order valence-electron chi connectivity index (χ1n) is 8.74. The number of carboxylic acid groups (broad SMARTS) is 1. The van der Waals surface area contributed by atoms with Gasteiger partial charge in [0.05, 0.1) is 12.1 Å². The Morgan fingerprint density at radius 1 is 1.50 bits per heavy atom. The fraction of sp³-hybridized carbons (Fsp3) is 0.444. The van der Waals surface area contributed by atoms with E-state index in [0.717, 1.165) is 37.1 Å². The first-order valence-corrected chi connectivity index (χ1v) is 8.74. The van der Waals surface area contributed by atoms with E-state index in [2.05, 4.69) is 25.6 Å². The maximum absolute atomic E-state index is 11.1. The van der Waals surface area contributed by atoms with E-state index < -0.39 is 5.97 Å². The number of hydrazone groups is 1. The normalized spacial score (nSPS) is 18.3. The van der Waals surface area contributed by atoms with Crippen LogP contribution in [0, 0.1) is 12.8 Å². The molecule has 1 aromatic heterocycles. The zero-order valence-electron chi connectivity index (χ0n) is 14.8. The number of aliphatic carboxylic acids is 1. The highest BCUT2D eigenvalue weighted by Crippen LogP contribution is 2.20. The van der Waals surface area contributed by atoms with Crippen LogP contribution in [0.3, 0.4) is 0 Å². The summed E-state index contributed by atoms with van der Waals surface area (Å²) in [7, 11) is 0. The van der Waals surface area contributed by atoms with Gasteiger partial charge in [0.2, 0.25) is 0 Å². The Balaban J connectivity index is 1.51. The minimum absolute atomic E-state index is 0.253. The van der Waals surface area contributed by atoms with Gasteiger partial charge in [-0.15, -0.1) is 0 Å². The fourth-order valence-corrected chi connectivity index (χ4v) is 3.06. The number of carbonyl (C=O) groups is 1. The van der Waals surface area contributed by atoms with Gasteiger partial charge in [-0.2, -0.15) is 10.1 Å². The summed E-state index contributed by atoms with van der Waals surface area (Å²) in [5.41, 5.74) is 4.74. The maximum atomic E-state index is 11.1. The molecule has 0 radical (unpaired) electrons. The van der Waals surface area contributed by atoms with E-state index in [1.54, 1.807) is 13.1 Å². The predicted octanol–water partition coefficient (Wildman–Crippen LogP) is 1.77. The minimum Gasteiger partial charge on any atom is -0.481 e. The molecule has 0 amide bonds. The van der Waals surface area contributed by atoms with Crippen molar-refractivity contribution in [3.05, 3.63) is 35.7 Å². The van der Waals surface area contributed by atoms with Crippen LogP contribution >= 0.6 is 0 Å². The molecule has 1 aromatic carbocycles. The lowest BCUT2D eigenvalue weighted by Gasteiger charge is -2.30. The van der Waals surface area contributed by atoms with Crippen LogP contribution in [-0.4, -0.2) is 58.5 Å². The largest absolute Gasteiger partial charge is 0.481 e. The summed E-state index contributed by atoms with van der Waals surface area (Å²) in [5.74, 6) is 0.106. The van der Waals surface area contributed by atoms with Gasteiger partial charge in [0.25, 0.3) is 5.89 Å². The van der Waals surface area contributed by atoms with Crippen molar-refractivity contribution in [3.8, 4) is 11.5 Å². The van der Waals surface area contributed by atoms with Crippen LogP contribution in [0.5, 0.6) is 0 Å². The topological polar surface area (TPSA) is 104 Å². The lowest BCUT2D eigenvalue weighted by Crippen LogP contribution is -2.41. The first kappa shape index (κ1) is 18.1. The zero-order valence-corrected chi connectivity index (χ0v) is 14.8. The first-order chi connectivity index (χ1) is 12.6. The van der Waals surface area contributed by atoms with Gasteiger partial charge < -0.3 is 20.0 Å². The Morgan fingerprint density at radius 2 is 2.35 bits per heavy atom. The molecule has 26 heavy (non-hydrogen) atoms. The molecule has 0 bridgehead atoms. The Bertz CT molecular complexity index is 774. The van der Waals surface area contributed by atoms with Crippen molar-refractivity contribution in [3.63, 3.8) is 0 Å². The number of carboxylic acids is 1. The number of hydrogen-bond acceptors (Lipinski definition) is 7. The number of benzene rings is 1. The van der Waals surface area contributed by atoms with Crippen LogP contribution in [0.2, 0.25) is 0 Å². The summed E-state index contributed by atoms with van der Waals surface area (Å²) in [5, 5.41) is 17.2. The van der Waals surface area contributed by atoms with Crippen LogP contribution in [0.15, 0.2) is 33.9 Å². The van der Waals surface area contributed by atoms with Gasteiger partial charge in [-0.25, -0.2) is 0 Å². The van der Waals surface area contributed by atoms with Crippen LogP contribution in [-0.2, 0) is 4.79 Å². The van der Waals surface area contributed by atoms with Crippen LogP contribution < -0.4 is 5.43 Å². The lowest BCUT2D eigenvalue weighted by molar-refractivity contribution is -0.143. The van der Waals surface area contributed by atoms with Crippen LogP contribution in [0.4, 0.5) is 0 Å². The molecule has 1 aliphatic rings. The summed E-state index contributed by atoms with van der Waals surface area (Å²) in [6, 6.07) is 7.68. The van der Waals surface area contributed by atoms with Gasteiger partial charge in [-0.05, 0) is 32.4 Å². The molecular weight excluding hydrogens is 334 g/mol. The zero-order chi connectivity index (χ0) is 18.4. The number of rotatable bonds is 7. The molecule has 0 saturated carbocycles. The third-order valence-corrected chi connectivity index (χ3v) is 4.41. The second-order valence-corrected chi connectivity index (χ2v) is 6.38. The third-order valence-electron chi connectivity index (χ3n) is 4.41. The highest BCUT2D eigenvalue weighted by Gasteiger charge is 2.24. The van der Waals surface area contributed by atoms with E-state index in [9.17, 15) is 4.79 Å². The van der Waals surface area contributed by atoms with Gasteiger partial charge in [0, 0.05) is 30.8 Å². The van der Waals surface area contributed by atoms with Gasteiger partial charge in [-0.1, -0.05) is 23.4 Å². The average Bonchev–Trinajstić information content (AvgIpc) is 3.08. The third kappa shape index (κ3) is 4.66. The lowest BCUT2D eigenvalue weighted by atomic mass is 9.98. The molecule has 2 heterocycles. The van der Waals surface area contributed by atoms with Gasteiger partial charge in [-0.3, -0.25) is 4.79 Å². The maximum Gasteiger partial charge on any atom is 0.307 e. The number of likely N-dealkylation sites (tertiary alicyclic amines) is 1. The highest BCUT2D eigenvalue weighted by molar-refractivity contribution is 5.88. The van der Waals surface area contributed by atoms with Gasteiger partial charge in [0.15, 0.2) is 5.82 Å². The smallest absolute Gasteiger partial charge is 0.307 e. The summed E-state index contributed by atoms with van der Waals surface area (Å²) < 4.78 is 5.23. The molecule has 138 valence electrons. The highest BCUT2D eigenvalue weighted by atomic mass is 16.5. The Hall–Kier alpha value is -2.74. The molecule has 0 spiro atoms. The summed E-state index contributed by atoms with van der Waals surface area (Å²) in [4.78, 5) is 17.5. The molecule has 8 heteroatoms. The number of aryl methyl sites for hydroxylation is 1. The predicted molar refractivity (Wildman–Crippen MR) is 96.9 cm³/mol. The van der Waals surface area contributed by atoms with E-state index in [-0.39, 0.29) is 5.92 Å². The number of hydrogen-bond donors (Lipinski definition) is 2. The molecule has 1 aliphatic heterocycles. The van der Waals surface area contributed by atoms with Gasteiger partial charge >= 0.3 is 5.97 Å². The van der Waals surface area contributed by atoms with Crippen molar-refractivity contribution < 1.29 is 14.4 Å². The number of nitrogens with zero attached hydrogens (tertiary/aromatic N) is 4. The molecule has 1 unspecified atom stereocenters. The molecule has 0 aliphatic carbocycles. The SMILES string of the molecule is Cc1noc(-c2ccccc2/C=N/NCCN2CCCC(C(=O)O)C2)n1. The van der Waals surface area contributed by atoms with E-state index in [1.165, 1.54) is 0 Å². The Kier molecular flexibility index (Phi) is 5.96. The average molecular weight is 357 g/mol. The van der Waals surface area contributed by atoms with E-state index >= 15 is 0 Å². The minimum atomic E-state index is -0.700. The van der Waals surface area contributed by atoms with Crippen molar-refractivity contribution in [2.45, 2.75) is 19.8 Å². The molecule has 2 N–H and O–H groups in total. The quantitative estimate of drug-likeness (QED) is 0.442. The van der Waals surface area contributed by atoms with Crippen LogP contribution in [0.25, 0.3) is 11.5 Å². The van der Waals surface area contributed by atoms with Crippen molar-refractivity contribution in [2.24, 2.45) is 11.0 Å². The standard InChI is InChI=1S/C18H23N5O3/c1-13-21-17(26-22-13)16-7-3-2-5-14(16)11-20-19-8-10-23-9-4-6-15(12-23)18(24)25/h2-3,5,7,11,15,19H,4,6,8-10,12H2,1H3,(H,24,25)/b20-11+. The van der Waals surface area contributed by atoms with Crippen molar-refractivity contribution in [2.75, 3.05) is 26.2 Å².